The smallest absolute Gasteiger partial charge is 0.155 e. The SMILES string of the molecule is O=CC1=CC2CC(O)O[C@H]2C1. The fraction of sp³-hybridized carbons (Fsp3) is 0.625. The number of aldehydes is 1. The van der Waals surface area contributed by atoms with Gasteiger partial charge in [0.25, 0.3) is 0 Å². The summed E-state index contributed by atoms with van der Waals surface area (Å²) in [6, 6.07) is 0. The molecule has 1 fully saturated rings. The molecular weight excluding hydrogens is 144 g/mol. The van der Waals surface area contributed by atoms with Gasteiger partial charge in [-0.3, -0.25) is 4.79 Å². The van der Waals surface area contributed by atoms with Gasteiger partial charge in [-0.25, -0.2) is 0 Å². The molecule has 0 saturated carbocycles. The first-order valence-corrected chi connectivity index (χ1v) is 3.79. The molecule has 0 aromatic rings. The van der Waals surface area contributed by atoms with Crippen LogP contribution in [-0.2, 0) is 9.53 Å². The maximum atomic E-state index is 10.3. The lowest BCUT2D eigenvalue weighted by Crippen LogP contribution is -2.10. The van der Waals surface area contributed by atoms with Gasteiger partial charge in [-0.1, -0.05) is 6.08 Å². The van der Waals surface area contributed by atoms with Gasteiger partial charge in [0.15, 0.2) is 6.29 Å². The van der Waals surface area contributed by atoms with Gasteiger partial charge >= 0.3 is 0 Å². The van der Waals surface area contributed by atoms with Crippen molar-refractivity contribution >= 4 is 6.29 Å². The number of carbonyl (C=O) groups excluding carboxylic acids is 1. The minimum atomic E-state index is -0.616. The molecule has 2 unspecified atom stereocenters. The Kier molecular flexibility index (Phi) is 1.55. The zero-order valence-corrected chi connectivity index (χ0v) is 6.06. The highest BCUT2D eigenvalue weighted by molar-refractivity contribution is 5.74. The molecular formula is C8H10O3. The van der Waals surface area contributed by atoms with Gasteiger partial charge in [-0.15, -0.1) is 0 Å². The summed E-state index contributed by atoms with van der Waals surface area (Å²) in [5.74, 6) is 0.269. The van der Waals surface area contributed by atoms with Crippen molar-refractivity contribution in [3.8, 4) is 0 Å². The van der Waals surface area contributed by atoms with Crippen molar-refractivity contribution < 1.29 is 14.6 Å². The molecule has 0 aromatic heterocycles. The largest absolute Gasteiger partial charge is 0.368 e. The Hall–Kier alpha value is -0.670. The first-order chi connectivity index (χ1) is 5.29. The van der Waals surface area contributed by atoms with E-state index in [9.17, 15) is 4.79 Å². The summed E-state index contributed by atoms with van der Waals surface area (Å²) >= 11 is 0. The van der Waals surface area contributed by atoms with Gasteiger partial charge in [0.1, 0.15) is 6.29 Å². The molecule has 2 aliphatic rings. The molecule has 0 spiro atoms. The summed E-state index contributed by atoms with van der Waals surface area (Å²) in [4.78, 5) is 10.3. The quantitative estimate of drug-likeness (QED) is 0.550. The number of rotatable bonds is 1. The molecule has 0 radical (unpaired) electrons. The van der Waals surface area contributed by atoms with Crippen LogP contribution in [0.25, 0.3) is 0 Å². The molecule has 0 bridgehead atoms. The van der Waals surface area contributed by atoms with Crippen molar-refractivity contribution in [1.29, 1.82) is 0 Å². The van der Waals surface area contributed by atoms with Crippen LogP contribution in [0, 0.1) is 5.92 Å². The third kappa shape index (κ3) is 1.10. The van der Waals surface area contributed by atoms with Crippen molar-refractivity contribution in [2.24, 2.45) is 5.92 Å². The fourth-order valence-corrected chi connectivity index (χ4v) is 1.78. The Balaban J connectivity index is 2.09. The van der Waals surface area contributed by atoms with Gasteiger partial charge in [0, 0.05) is 18.8 Å². The molecule has 1 saturated heterocycles. The standard InChI is InChI=1S/C8H10O3/c9-4-5-1-6-3-8(10)11-7(6)2-5/h1,4,6-8,10H,2-3H2/t6?,7-,8?/m0/s1. The van der Waals surface area contributed by atoms with Crippen molar-refractivity contribution in [2.45, 2.75) is 25.2 Å². The number of hydrogen-bond acceptors (Lipinski definition) is 3. The molecule has 1 heterocycles. The lowest BCUT2D eigenvalue weighted by molar-refractivity contribution is -0.106. The molecule has 2 rings (SSSR count). The summed E-state index contributed by atoms with van der Waals surface area (Å²) < 4.78 is 5.16. The van der Waals surface area contributed by atoms with Crippen LogP contribution in [0.15, 0.2) is 11.6 Å². The van der Waals surface area contributed by atoms with Crippen LogP contribution < -0.4 is 0 Å². The molecule has 1 N–H and O–H groups in total. The molecule has 0 aromatic carbocycles. The molecule has 11 heavy (non-hydrogen) atoms. The van der Waals surface area contributed by atoms with Crippen molar-refractivity contribution in [3.05, 3.63) is 11.6 Å². The van der Waals surface area contributed by atoms with Crippen molar-refractivity contribution in [2.75, 3.05) is 0 Å². The van der Waals surface area contributed by atoms with Crippen LogP contribution in [0.4, 0.5) is 0 Å². The highest BCUT2D eigenvalue weighted by Crippen LogP contribution is 2.36. The second-order valence-electron chi connectivity index (χ2n) is 3.09. The third-order valence-electron chi connectivity index (χ3n) is 2.30. The van der Waals surface area contributed by atoms with E-state index in [0.29, 0.717) is 12.8 Å². The summed E-state index contributed by atoms with van der Waals surface area (Å²) in [5, 5.41) is 9.05. The molecule has 3 atom stereocenters. The lowest BCUT2D eigenvalue weighted by Gasteiger charge is -2.06. The highest BCUT2D eigenvalue weighted by Gasteiger charge is 2.37. The van der Waals surface area contributed by atoms with Crippen LogP contribution >= 0.6 is 0 Å². The van der Waals surface area contributed by atoms with Gasteiger partial charge in [0.05, 0.1) is 6.10 Å². The van der Waals surface area contributed by atoms with Gasteiger partial charge < -0.3 is 9.84 Å². The lowest BCUT2D eigenvalue weighted by atomic mass is 10.1. The molecule has 60 valence electrons. The highest BCUT2D eigenvalue weighted by atomic mass is 16.6. The van der Waals surface area contributed by atoms with Crippen molar-refractivity contribution in [1.82, 2.24) is 0 Å². The summed E-state index contributed by atoms with van der Waals surface area (Å²) in [7, 11) is 0. The summed E-state index contributed by atoms with van der Waals surface area (Å²) in [6.07, 6.45) is 3.54. The molecule has 0 amide bonds. The molecule has 1 aliphatic heterocycles. The molecule has 3 nitrogen and oxygen atoms in total. The van der Waals surface area contributed by atoms with E-state index in [2.05, 4.69) is 0 Å². The Morgan fingerprint density at radius 3 is 3.18 bits per heavy atom. The number of aliphatic hydroxyl groups excluding tert-OH is 1. The van der Waals surface area contributed by atoms with Gasteiger partial charge in [0.2, 0.25) is 0 Å². The third-order valence-corrected chi connectivity index (χ3v) is 2.30. The second-order valence-corrected chi connectivity index (χ2v) is 3.09. The van der Waals surface area contributed by atoms with E-state index in [0.717, 1.165) is 11.9 Å². The fourth-order valence-electron chi connectivity index (χ4n) is 1.78. The van der Waals surface area contributed by atoms with E-state index >= 15 is 0 Å². The van der Waals surface area contributed by atoms with Crippen molar-refractivity contribution in [3.63, 3.8) is 0 Å². The normalized spacial score (nSPS) is 41.9. The predicted octanol–water partition coefficient (Wildman–Crippen LogP) is 0.239. The number of hydrogen-bond donors (Lipinski definition) is 1. The van der Waals surface area contributed by atoms with Crippen LogP contribution in [0.2, 0.25) is 0 Å². The van der Waals surface area contributed by atoms with E-state index in [1.54, 1.807) is 0 Å². The number of carbonyl (C=O) groups is 1. The van der Waals surface area contributed by atoms with Crippen LogP contribution in [0.5, 0.6) is 0 Å². The maximum Gasteiger partial charge on any atom is 0.155 e. The van der Waals surface area contributed by atoms with Crippen LogP contribution in [-0.4, -0.2) is 23.8 Å². The predicted molar refractivity (Wildman–Crippen MR) is 37.8 cm³/mol. The maximum absolute atomic E-state index is 10.3. The zero-order valence-electron chi connectivity index (χ0n) is 6.06. The Labute approximate surface area is 64.7 Å². The average Bonchev–Trinajstić information content (AvgIpc) is 2.43. The number of fused-ring (bicyclic) bond motifs is 1. The summed E-state index contributed by atoms with van der Waals surface area (Å²) in [6.45, 7) is 0. The van der Waals surface area contributed by atoms with Gasteiger partial charge in [-0.2, -0.15) is 0 Å². The van der Waals surface area contributed by atoms with Crippen LogP contribution in [0.1, 0.15) is 12.8 Å². The van der Waals surface area contributed by atoms with Crippen LogP contribution in [0.3, 0.4) is 0 Å². The monoisotopic (exact) mass is 154 g/mol. The topological polar surface area (TPSA) is 46.5 Å². The Morgan fingerprint density at radius 2 is 2.55 bits per heavy atom. The van der Waals surface area contributed by atoms with E-state index in [4.69, 9.17) is 9.84 Å². The number of ether oxygens (including phenoxy) is 1. The Bertz CT molecular complexity index is 209. The minimum absolute atomic E-state index is 0.0604. The summed E-state index contributed by atoms with van der Waals surface area (Å²) in [5.41, 5.74) is 0.812. The second kappa shape index (κ2) is 2.43. The molecule has 3 heteroatoms. The van der Waals surface area contributed by atoms with E-state index < -0.39 is 6.29 Å². The van der Waals surface area contributed by atoms with E-state index in [-0.39, 0.29) is 12.0 Å². The minimum Gasteiger partial charge on any atom is -0.368 e. The first-order valence-electron chi connectivity index (χ1n) is 3.79. The van der Waals surface area contributed by atoms with Gasteiger partial charge in [-0.05, 0) is 5.57 Å². The van der Waals surface area contributed by atoms with E-state index in [1.165, 1.54) is 0 Å². The molecule has 1 aliphatic carbocycles. The Morgan fingerprint density at radius 1 is 1.73 bits per heavy atom. The average molecular weight is 154 g/mol. The zero-order chi connectivity index (χ0) is 7.84. The number of aliphatic hydroxyl groups is 1. The first kappa shape index (κ1) is 7.00. The van der Waals surface area contributed by atoms with E-state index in [1.807, 2.05) is 6.08 Å².